The van der Waals surface area contributed by atoms with Crippen LogP contribution in [0.5, 0.6) is 0 Å². The van der Waals surface area contributed by atoms with Crippen LogP contribution in [-0.4, -0.2) is 69.2 Å². The summed E-state index contributed by atoms with van der Waals surface area (Å²) in [6.07, 6.45) is 1.12. The highest BCUT2D eigenvalue weighted by atomic mass is 19.3. The number of halogens is 3. The van der Waals surface area contributed by atoms with E-state index in [4.69, 9.17) is 0 Å². The first-order valence-electron chi connectivity index (χ1n) is 14.5. The lowest BCUT2D eigenvalue weighted by Crippen LogP contribution is -2.44. The molecule has 2 aliphatic rings. The maximum Gasteiger partial charge on any atom is 0.321 e. The quantitative estimate of drug-likeness (QED) is 0.325. The predicted octanol–water partition coefficient (Wildman–Crippen LogP) is 6.01. The zero-order valence-electron chi connectivity index (χ0n) is 23.7. The van der Waals surface area contributed by atoms with E-state index in [1.54, 1.807) is 22.9 Å². The van der Waals surface area contributed by atoms with Gasteiger partial charge >= 0.3 is 5.97 Å². The summed E-state index contributed by atoms with van der Waals surface area (Å²) in [5.41, 5.74) is 2.58. The third kappa shape index (κ3) is 6.84. The van der Waals surface area contributed by atoms with E-state index in [9.17, 15) is 23.1 Å². The molecule has 0 amide bonds. The zero-order chi connectivity index (χ0) is 29.1. The van der Waals surface area contributed by atoms with Crippen LogP contribution in [0.4, 0.5) is 13.2 Å². The number of alkyl halides is 2. The van der Waals surface area contributed by atoms with Gasteiger partial charge in [-0.05, 0) is 47.9 Å². The number of carbonyl (C=O) groups is 1. The Balaban J connectivity index is 1.27. The normalized spacial score (nSPS) is 21.6. The minimum atomic E-state index is -2.64. The lowest BCUT2D eigenvalue weighted by atomic mass is 9.88. The topological polar surface area (TPSA) is 61.6 Å². The first-order chi connectivity index (χ1) is 19.7. The predicted molar refractivity (Wildman–Crippen MR) is 152 cm³/mol. The Morgan fingerprint density at radius 1 is 1.05 bits per heavy atom. The van der Waals surface area contributed by atoms with Crippen LogP contribution in [0.25, 0.3) is 0 Å². The third-order valence-corrected chi connectivity index (χ3v) is 8.70. The fourth-order valence-corrected chi connectivity index (χ4v) is 6.81. The Bertz CT molecular complexity index is 1310. The summed E-state index contributed by atoms with van der Waals surface area (Å²) in [6, 6.07) is 15.7. The van der Waals surface area contributed by atoms with Crippen molar-refractivity contribution < 1.29 is 23.1 Å². The standard InChI is InChI=1S/C32H39F3N4O2/c1-21(2)29(32(40)41)38-18-24(28(20-38)23-9-6-10-25(33)16-23)17-37-13-11-27(12-14-37)39-19-26(36-31(39)30(34)35)15-22-7-4-3-5-8-22/h3-10,16,19,21,24,27-30H,11-15,17-18,20H2,1-2H3,(H,40,41)/t24-,28+,29+/m0/s1. The van der Waals surface area contributed by atoms with Crippen LogP contribution in [0.3, 0.4) is 0 Å². The first-order valence-corrected chi connectivity index (χ1v) is 14.5. The van der Waals surface area contributed by atoms with Crippen molar-refractivity contribution in [1.82, 2.24) is 19.4 Å². The number of carboxylic acids is 1. The molecule has 1 N–H and O–H groups in total. The number of piperidine rings is 1. The number of aromatic nitrogens is 2. The Kier molecular flexibility index (Phi) is 9.14. The van der Waals surface area contributed by atoms with Crippen molar-refractivity contribution in [3.05, 3.63) is 89.3 Å². The molecule has 0 spiro atoms. The summed E-state index contributed by atoms with van der Waals surface area (Å²) in [5.74, 6) is -1.19. The number of likely N-dealkylation sites (tertiary alicyclic amines) is 2. The molecule has 9 heteroatoms. The summed E-state index contributed by atoms with van der Waals surface area (Å²) >= 11 is 0. The number of carboxylic acid groups (broad SMARTS) is 1. The largest absolute Gasteiger partial charge is 0.480 e. The number of rotatable bonds is 10. The van der Waals surface area contributed by atoms with Crippen LogP contribution in [0, 0.1) is 17.7 Å². The van der Waals surface area contributed by atoms with Gasteiger partial charge in [-0.1, -0.05) is 56.3 Å². The highest BCUT2D eigenvalue weighted by Gasteiger charge is 2.41. The van der Waals surface area contributed by atoms with Crippen LogP contribution < -0.4 is 0 Å². The third-order valence-electron chi connectivity index (χ3n) is 8.70. The average molecular weight is 569 g/mol. The second-order valence-corrected chi connectivity index (χ2v) is 11.9. The molecule has 0 unspecified atom stereocenters. The first kappa shape index (κ1) is 29.3. The van der Waals surface area contributed by atoms with Crippen molar-refractivity contribution in [3.8, 4) is 0 Å². The van der Waals surface area contributed by atoms with E-state index in [0.29, 0.717) is 25.2 Å². The van der Waals surface area contributed by atoms with E-state index in [1.165, 1.54) is 6.07 Å². The van der Waals surface area contributed by atoms with Gasteiger partial charge in [0.15, 0.2) is 5.82 Å². The van der Waals surface area contributed by atoms with Crippen molar-refractivity contribution in [3.63, 3.8) is 0 Å². The molecule has 2 aliphatic heterocycles. The molecule has 0 aliphatic carbocycles. The molecule has 3 aromatic rings. The maximum absolute atomic E-state index is 14.2. The molecule has 0 saturated carbocycles. The molecule has 6 nitrogen and oxygen atoms in total. The number of aliphatic carboxylic acids is 1. The summed E-state index contributed by atoms with van der Waals surface area (Å²) in [6.45, 7) is 7.27. The van der Waals surface area contributed by atoms with Crippen molar-refractivity contribution >= 4 is 5.97 Å². The van der Waals surface area contributed by atoms with Gasteiger partial charge in [0.2, 0.25) is 0 Å². The summed E-state index contributed by atoms with van der Waals surface area (Å²) in [4.78, 5) is 20.8. The molecule has 5 rings (SSSR count). The Hall–Kier alpha value is -3.17. The monoisotopic (exact) mass is 568 g/mol. The van der Waals surface area contributed by atoms with Gasteiger partial charge in [-0.2, -0.15) is 0 Å². The molecule has 2 aromatic carbocycles. The number of hydrogen-bond acceptors (Lipinski definition) is 4. The Morgan fingerprint density at radius 2 is 1.78 bits per heavy atom. The molecule has 0 radical (unpaired) electrons. The van der Waals surface area contributed by atoms with Gasteiger partial charge < -0.3 is 14.6 Å². The fourth-order valence-electron chi connectivity index (χ4n) is 6.81. The molecule has 3 atom stereocenters. The highest BCUT2D eigenvalue weighted by Crippen LogP contribution is 2.37. The molecular formula is C32H39F3N4O2. The van der Waals surface area contributed by atoms with Crippen LogP contribution in [0.15, 0.2) is 60.8 Å². The second kappa shape index (κ2) is 12.8. The van der Waals surface area contributed by atoms with Crippen LogP contribution >= 0.6 is 0 Å². The Morgan fingerprint density at radius 3 is 2.41 bits per heavy atom. The van der Waals surface area contributed by atoms with E-state index in [0.717, 1.165) is 43.6 Å². The molecule has 2 fully saturated rings. The van der Waals surface area contributed by atoms with E-state index in [2.05, 4.69) is 9.88 Å². The van der Waals surface area contributed by atoms with Crippen LogP contribution in [0.1, 0.15) is 67.7 Å². The SMILES string of the molecule is CC(C)[C@H](C(=O)O)N1C[C@H](CN2CCC(n3cc(Cc4ccccc4)nc3C(F)F)CC2)[C@@H](c2cccc(F)c2)C1. The molecule has 2 saturated heterocycles. The average Bonchev–Trinajstić information content (AvgIpc) is 3.54. The van der Waals surface area contributed by atoms with E-state index in [-0.39, 0.29) is 35.4 Å². The minimum Gasteiger partial charge on any atom is -0.480 e. The number of benzene rings is 2. The fraction of sp³-hybridized carbons (Fsp3) is 0.500. The smallest absolute Gasteiger partial charge is 0.321 e. The summed E-state index contributed by atoms with van der Waals surface area (Å²) in [5, 5.41) is 9.92. The van der Waals surface area contributed by atoms with Crippen molar-refractivity contribution in [2.45, 2.75) is 57.5 Å². The van der Waals surface area contributed by atoms with Gasteiger partial charge in [0.05, 0.1) is 5.69 Å². The maximum atomic E-state index is 14.2. The molecule has 1 aromatic heterocycles. The van der Waals surface area contributed by atoms with Crippen molar-refractivity contribution in [1.29, 1.82) is 0 Å². The van der Waals surface area contributed by atoms with E-state index < -0.39 is 18.4 Å². The van der Waals surface area contributed by atoms with E-state index in [1.807, 2.05) is 55.1 Å². The van der Waals surface area contributed by atoms with Crippen LogP contribution in [-0.2, 0) is 11.2 Å². The zero-order valence-corrected chi connectivity index (χ0v) is 23.7. The molecule has 220 valence electrons. The lowest BCUT2D eigenvalue weighted by molar-refractivity contribution is -0.144. The minimum absolute atomic E-state index is 0.0173. The van der Waals surface area contributed by atoms with Gasteiger partial charge in [-0.25, -0.2) is 18.2 Å². The highest BCUT2D eigenvalue weighted by molar-refractivity contribution is 5.73. The van der Waals surface area contributed by atoms with E-state index >= 15 is 0 Å². The van der Waals surface area contributed by atoms with Crippen molar-refractivity contribution in [2.75, 3.05) is 32.7 Å². The van der Waals surface area contributed by atoms with Gasteiger partial charge in [0.25, 0.3) is 6.43 Å². The number of imidazole rings is 1. The van der Waals surface area contributed by atoms with Crippen molar-refractivity contribution in [2.24, 2.45) is 11.8 Å². The van der Waals surface area contributed by atoms with Gasteiger partial charge in [0.1, 0.15) is 11.9 Å². The molecule has 0 bridgehead atoms. The van der Waals surface area contributed by atoms with Crippen LogP contribution in [0.2, 0.25) is 0 Å². The van der Waals surface area contributed by atoms with Gasteiger partial charge in [0, 0.05) is 57.3 Å². The summed E-state index contributed by atoms with van der Waals surface area (Å²) in [7, 11) is 0. The molecule has 41 heavy (non-hydrogen) atoms. The molecule has 3 heterocycles. The van der Waals surface area contributed by atoms with Gasteiger partial charge in [-0.3, -0.25) is 9.69 Å². The number of nitrogens with zero attached hydrogens (tertiary/aromatic N) is 4. The lowest BCUT2D eigenvalue weighted by Gasteiger charge is -2.35. The Labute approximate surface area is 239 Å². The van der Waals surface area contributed by atoms with Gasteiger partial charge in [-0.15, -0.1) is 0 Å². The number of hydrogen-bond donors (Lipinski definition) is 1. The second-order valence-electron chi connectivity index (χ2n) is 11.9. The summed E-state index contributed by atoms with van der Waals surface area (Å²) < 4.78 is 43.8. The molecular weight excluding hydrogens is 529 g/mol.